The quantitative estimate of drug-likeness (QED) is 0.733. The molecule has 0 atom stereocenters. The lowest BCUT2D eigenvalue weighted by molar-refractivity contribution is 0.597. The van der Waals surface area contributed by atoms with E-state index in [1.165, 1.54) is 23.1 Å². The number of guanidine groups is 1. The number of hydrogen-bond acceptors (Lipinski definition) is 4. The van der Waals surface area contributed by atoms with Crippen LogP contribution in [0.5, 0.6) is 0 Å². The van der Waals surface area contributed by atoms with Crippen LogP contribution in [-0.4, -0.2) is 21.4 Å². The molecule has 0 fully saturated rings. The molecule has 7 heteroatoms. The van der Waals surface area contributed by atoms with Gasteiger partial charge in [0.2, 0.25) is 5.96 Å². The van der Waals surface area contributed by atoms with Crippen LogP contribution in [0.4, 0.5) is 5.69 Å². The van der Waals surface area contributed by atoms with Crippen LogP contribution in [0.25, 0.3) is 0 Å². The Bertz CT molecular complexity index is 553. The molecule has 2 N–H and O–H groups in total. The van der Waals surface area contributed by atoms with Gasteiger partial charge in [-0.15, -0.1) is 4.40 Å². The highest BCUT2D eigenvalue weighted by Gasteiger charge is 2.27. The number of sulfonamides is 1. The fourth-order valence-corrected chi connectivity index (χ4v) is 2.66. The zero-order valence-electron chi connectivity index (χ0n) is 7.81. The Morgan fingerprint density at radius 3 is 2.80 bits per heavy atom. The minimum Gasteiger partial charge on any atom is -0.369 e. The zero-order chi connectivity index (χ0) is 11.2. The summed E-state index contributed by atoms with van der Waals surface area (Å²) in [4.78, 5) is 1.59. The molecule has 15 heavy (non-hydrogen) atoms. The Morgan fingerprint density at radius 2 is 2.13 bits per heavy atom. The van der Waals surface area contributed by atoms with Crippen molar-refractivity contribution in [2.75, 3.05) is 11.9 Å². The van der Waals surface area contributed by atoms with Gasteiger partial charge in [0.1, 0.15) is 4.90 Å². The van der Waals surface area contributed by atoms with E-state index in [1.807, 2.05) is 0 Å². The van der Waals surface area contributed by atoms with Gasteiger partial charge in [0, 0.05) is 12.1 Å². The normalized spacial score (nSPS) is 18.3. The lowest BCUT2D eigenvalue weighted by Crippen LogP contribution is -2.38. The predicted octanol–water partition coefficient (Wildman–Crippen LogP) is 0.793. The molecule has 0 radical (unpaired) electrons. The second-order valence-electron chi connectivity index (χ2n) is 3.10. The van der Waals surface area contributed by atoms with E-state index in [-0.39, 0.29) is 10.9 Å². The van der Waals surface area contributed by atoms with E-state index in [9.17, 15) is 8.42 Å². The average Bonchev–Trinajstić information content (AvgIpc) is 2.13. The Labute approximate surface area is 92.2 Å². The van der Waals surface area contributed by atoms with Crippen molar-refractivity contribution in [3.05, 3.63) is 23.2 Å². The van der Waals surface area contributed by atoms with Crippen molar-refractivity contribution >= 4 is 33.3 Å². The monoisotopic (exact) mass is 245 g/mol. The summed E-state index contributed by atoms with van der Waals surface area (Å²) in [5, 5.41) is 0.450. The zero-order valence-corrected chi connectivity index (χ0v) is 9.38. The van der Waals surface area contributed by atoms with Crippen LogP contribution in [0.1, 0.15) is 0 Å². The third-order valence-corrected chi connectivity index (χ3v) is 3.68. The second kappa shape index (κ2) is 3.11. The van der Waals surface area contributed by atoms with Crippen molar-refractivity contribution in [1.82, 2.24) is 0 Å². The van der Waals surface area contributed by atoms with Gasteiger partial charge in [0.05, 0.1) is 5.69 Å². The maximum atomic E-state index is 11.6. The van der Waals surface area contributed by atoms with Crippen molar-refractivity contribution in [3.8, 4) is 0 Å². The van der Waals surface area contributed by atoms with E-state index in [0.717, 1.165) is 0 Å². The molecule has 1 aromatic carbocycles. The maximum Gasteiger partial charge on any atom is 0.287 e. The molecular formula is C8H8ClN3O2S. The van der Waals surface area contributed by atoms with Crippen LogP contribution in [0.15, 0.2) is 27.5 Å². The molecule has 0 bridgehead atoms. The smallest absolute Gasteiger partial charge is 0.287 e. The molecule has 5 nitrogen and oxygen atoms in total. The molecule has 1 heterocycles. The van der Waals surface area contributed by atoms with E-state index < -0.39 is 10.0 Å². The third kappa shape index (κ3) is 1.55. The van der Waals surface area contributed by atoms with Crippen LogP contribution < -0.4 is 10.6 Å². The first-order valence-corrected chi connectivity index (χ1v) is 5.87. The lowest BCUT2D eigenvalue weighted by atomic mass is 10.3. The van der Waals surface area contributed by atoms with Gasteiger partial charge in [-0.3, -0.25) is 0 Å². The van der Waals surface area contributed by atoms with Gasteiger partial charge in [0.15, 0.2) is 0 Å². The SMILES string of the molecule is CN1C(N)=NS(=O)(=O)c2ccc(Cl)cc21. The van der Waals surface area contributed by atoms with Gasteiger partial charge in [-0.2, -0.15) is 8.42 Å². The number of anilines is 1. The molecule has 0 unspecified atom stereocenters. The molecule has 1 aliphatic rings. The van der Waals surface area contributed by atoms with Crippen LogP contribution in [0.3, 0.4) is 0 Å². The van der Waals surface area contributed by atoms with Gasteiger partial charge in [0.25, 0.3) is 10.0 Å². The van der Waals surface area contributed by atoms with Crippen LogP contribution in [0.2, 0.25) is 5.02 Å². The van der Waals surface area contributed by atoms with Gasteiger partial charge in [-0.25, -0.2) is 0 Å². The predicted molar refractivity (Wildman–Crippen MR) is 58.7 cm³/mol. The number of nitrogens with zero attached hydrogens (tertiary/aromatic N) is 2. The molecule has 0 saturated heterocycles. The number of nitrogens with two attached hydrogens (primary N) is 1. The molecule has 0 aromatic heterocycles. The molecule has 0 aliphatic carbocycles. The van der Waals surface area contributed by atoms with E-state index in [1.54, 1.807) is 7.05 Å². The van der Waals surface area contributed by atoms with Gasteiger partial charge >= 0.3 is 0 Å². The molecule has 0 spiro atoms. The summed E-state index contributed by atoms with van der Waals surface area (Å²) in [6.45, 7) is 0. The summed E-state index contributed by atoms with van der Waals surface area (Å²) in [5.41, 5.74) is 5.91. The first-order valence-electron chi connectivity index (χ1n) is 4.05. The van der Waals surface area contributed by atoms with Gasteiger partial charge in [-0.05, 0) is 18.2 Å². The van der Waals surface area contributed by atoms with Crippen molar-refractivity contribution in [1.29, 1.82) is 0 Å². The van der Waals surface area contributed by atoms with Crippen molar-refractivity contribution in [3.63, 3.8) is 0 Å². The average molecular weight is 246 g/mol. The molecule has 0 amide bonds. The minimum atomic E-state index is -3.68. The number of benzene rings is 1. The van der Waals surface area contributed by atoms with E-state index in [0.29, 0.717) is 10.7 Å². The standard InChI is InChI=1S/C8H8ClN3O2S/c1-12-6-4-5(9)2-3-7(6)15(13,14)11-8(12)10/h2-4H,1H3,(H2,10,11). The highest BCUT2D eigenvalue weighted by atomic mass is 35.5. The van der Waals surface area contributed by atoms with E-state index in [4.69, 9.17) is 17.3 Å². The minimum absolute atomic E-state index is 0.0650. The molecule has 2 rings (SSSR count). The Kier molecular flexibility index (Phi) is 2.13. The summed E-state index contributed by atoms with van der Waals surface area (Å²) in [7, 11) is -2.05. The fourth-order valence-electron chi connectivity index (χ4n) is 1.33. The largest absolute Gasteiger partial charge is 0.369 e. The Balaban J connectivity index is 2.78. The molecular weight excluding hydrogens is 238 g/mol. The number of rotatable bonds is 0. The second-order valence-corrected chi connectivity index (χ2v) is 5.10. The summed E-state index contributed by atoms with van der Waals surface area (Å²) in [5.74, 6) is -0.0650. The molecule has 0 saturated carbocycles. The van der Waals surface area contributed by atoms with Crippen LogP contribution in [0, 0.1) is 0 Å². The summed E-state index contributed by atoms with van der Waals surface area (Å²) in [6.07, 6.45) is 0. The van der Waals surface area contributed by atoms with E-state index >= 15 is 0 Å². The topological polar surface area (TPSA) is 75.8 Å². The molecule has 80 valence electrons. The number of hydrogen-bond donors (Lipinski definition) is 1. The number of halogens is 1. The van der Waals surface area contributed by atoms with Crippen LogP contribution in [-0.2, 0) is 10.0 Å². The van der Waals surface area contributed by atoms with Gasteiger partial charge < -0.3 is 10.6 Å². The first kappa shape index (κ1) is 10.3. The maximum absolute atomic E-state index is 11.6. The Morgan fingerprint density at radius 1 is 1.47 bits per heavy atom. The number of fused-ring (bicyclic) bond motifs is 1. The summed E-state index contributed by atoms with van der Waals surface area (Å²) < 4.78 is 26.6. The highest BCUT2D eigenvalue weighted by molar-refractivity contribution is 7.90. The fraction of sp³-hybridized carbons (Fsp3) is 0.125. The highest BCUT2D eigenvalue weighted by Crippen LogP contribution is 2.31. The third-order valence-electron chi connectivity index (χ3n) is 2.12. The van der Waals surface area contributed by atoms with Gasteiger partial charge in [-0.1, -0.05) is 11.6 Å². The molecule has 1 aliphatic heterocycles. The van der Waals surface area contributed by atoms with Crippen molar-refractivity contribution in [2.45, 2.75) is 4.90 Å². The molecule has 1 aromatic rings. The summed E-state index contributed by atoms with van der Waals surface area (Å²) >= 11 is 5.78. The summed E-state index contributed by atoms with van der Waals surface area (Å²) in [6, 6.07) is 4.46. The Hall–Kier alpha value is -1.27. The van der Waals surface area contributed by atoms with Crippen LogP contribution >= 0.6 is 11.6 Å². The van der Waals surface area contributed by atoms with E-state index in [2.05, 4.69) is 4.40 Å². The first-order chi connectivity index (χ1) is 6.92. The van der Waals surface area contributed by atoms with Crippen molar-refractivity contribution in [2.24, 2.45) is 10.1 Å². The van der Waals surface area contributed by atoms with Crippen molar-refractivity contribution < 1.29 is 8.42 Å². The lowest BCUT2D eigenvalue weighted by Gasteiger charge is -2.24.